The SMILES string of the molecule is CC.COc1cccc(OC)c1-n1c(NS(=O)(=O)[C@H](C)Cc2ncc(C)cn2)nnc1-c1nc(C)cs1.[HH]. The standard InChI is InChI=1S/C22H25N7O4S2.C2H6.H2/c1-13-10-23-18(24-11-13)9-15(3)35(30,31)28-22-27-26-20(21-25-14(2)12-34-21)29(22)19-16(32-4)7-6-8-17(19)33-5;1-2;/h6-8,10-12,15H,9H2,1-5H3,(H,27,28);1-2H3;1H/t15-;;/m1../s1. The molecule has 3 heterocycles. The summed E-state index contributed by atoms with van der Waals surface area (Å²) in [4.78, 5) is 12.9. The second kappa shape index (κ2) is 12.1. The summed E-state index contributed by atoms with van der Waals surface area (Å²) in [6, 6.07) is 5.25. The molecular formula is C24H33N7O4S2. The highest BCUT2D eigenvalue weighted by Gasteiger charge is 2.29. The average molecular weight is 548 g/mol. The first-order valence-electron chi connectivity index (χ1n) is 11.6. The van der Waals surface area contributed by atoms with Crippen molar-refractivity contribution < 1.29 is 19.3 Å². The number of rotatable bonds is 9. The molecule has 0 radical (unpaired) electrons. The number of anilines is 1. The molecule has 0 bridgehead atoms. The van der Waals surface area contributed by atoms with Gasteiger partial charge in [-0.25, -0.2) is 23.4 Å². The zero-order chi connectivity index (χ0) is 27.2. The number of hydrogen-bond donors (Lipinski definition) is 1. The lowest BCUT2D eigenvalue weighted by Gasteiger charge is -2.18. The number of nitrogens with zero attached hydrogens (tertiary/aromatic N) is 6. The number of thiazole rings is 1. The first-order valence-corrected chi connectivity index (χ1v) is 14.0. The normalized spacial score (nSPS) is 11.9. The van der Waals surface area contributed by atoms with E-state index in [9.17, 15) is 8.42 Å². The van der Waals surface area contributed by atoms with Crippen molar-refractivity contribution in [2.45, 2.75) is 46.3 Å². The van der Waals surface area contributed by atoms with Gasteiger partial charge in [-0.3, -0.25) is 9.29 Å². The molecule has 0 unspecified atom stereocenters. The van der Waals surface area contributed by atoms with Crippen molar-refractivity contribution in [1.29, 1.82) is 0 Å². The Kier molecular flexibility index (Phi) is 9.16. The van der Waals surface area contributed by atoms with Gasteiger partial charge in [-0.05, 0) is 38.5 Å². The summed E-state index contributed by atoms with van der Waals surface area (Å²) in [6.45, 7) is 9.32. The van der Waals surface area contributed by atoms with Crippen molar-refractivity contribution in [2.24, 2.45) is 0 Å². The van der Waals surface area contributed by atoms with E-state index in [1.165, 1.54) is 25.6 Å². The van der Waals surface area contributed by atoms with E-state index in [1.54, 1.807) is 42.1 Å². The zero-order valence-corrected chi connectivity index (χ0v) is 23.5. The first kappa shape index (κ1) is 28.0. The fourth-order valence-corrected chi connectivity index (χ4v) is 5.05. The number of aryl methyl sites for hydroxylation is 2. The van der Waals surface area contributed by atoms with Crippen molar-refractivity contribution >= 4 is 27.3 Å². The Morgan fingerprint density at radius 2 is 1.70 bits per heavy atom. The number of ether oxygens (including phenoxy) is 2. The van der Waals surface area contributed by atoms with Gasteiger partial charge in [0.1, 0.15) is 23.0 Å². The number of benzene rings is 1. The predicted octanol–water partition coefficient (Wildman–Crippen LogP) is 4.46. The molecule has 0 aliphatic carbocycles. The summed E-state index contributed by atoms with van der Waals surface area (Å²) >= 11 is 1.37. The van der Waals surface area contributed by atoms with Crippen LogP contribution in [0.25, 0.3) is 16.5 Å². The molecular weight excluding hydrogens is 514 g/mol. The van der Waals surface area contributed by atoms with E-state index in [1.807, 2.05) is 33.1 Å². The van der Waals surface area contributed by atoms with Crippen LogP contribution in [0.3, 0.4) is 0 Å². The van der Waals surface area contributed by atoms with E-state index in [2.05, 4.69) is 29.9 Å². The molecule has 4 aromatic rings. The molecule has 4 rings (SSSR count). The molecule has 0 fully saturated rings. The smallest absolute Gasteiger partial charge is 0.243 e. The van der Waals surface area contributed by atoms with E-state index >= 15 is 0 Å². The van der Waals surface area contributed by atoms with Gasteiger partial charge in [-0.1, -0.05) is 19.9 Å². The van der Waals surface area contributed by atoms with Crippen LogP contribution < -0.4 is 14.2 Å². The highest BCUT2D eigenvalue weighted by molar-refractivity contribution is 7.93. The Hall–Kier alpha value is -3.58. The second-order valence-electron chi connectivity index (χ2n) is 7.83. The van der Waals surface area contributed by atoms with Crippen LogP contribution in [-0.2, 0) is 16.4 Å². The summed E-state index contributed by atoms with van der Waals surface area (Å²) in [7, 11) is -0.873. The van der Waals surface area contributed by atoms with Gasteiger partial charge in [0.15, 0.2) is 10.8 Å². The van der Waals surface area contributed by atoms with Gasteiger partial charge in [0.2, 0.25) is 16.0 Å². The first-order chi connectivity index (χ1) is 17.7. The van der Waals surface area contributed by atoms with Crippen molar-refractivity contribution in [3.05, 3.63) is 53.1 Å². The Balaban J connectivity index is 0.00000165. The van der Waals surface area contributed by atoms with E-state index in [4.69, 9.17) is 9.47 Å². The molecule has 37 heavy (non-hydrogen) atoms. The highest BCUT2D eigenvalue weighted by Crippen LogP contribution is 2.38. The van der Waals surface area contributed by atoms with Crippen LogP contribution in [0.4, 0.5) is 5.95 Å². The number of hydrogen-bond acceptors (Lipinski definition) is 10. The molecule has 0 saturated carbocycles. The van der Waals surface area contributed by atoms with Gasteiger partial charge in [0, 0.05) is 31.3 Å². The molecule has 200 valence electrons. The molecule has 11 nitrogen and oxygen atoms in total. The maximum atomic E-state index is 13.3. The maximum absolute atomic E-state index is 13.3. The minimum atomic E-state index is -3.91. The molecule has 0 amide bonds. The Morgan fingerprint density at radius 1 is 1.08 bits per heavy atom. The molecule has 3 aromatic heterocycles. The topological polar surface area (TPSA) is 134 Å². The summed E-state index contributed by atoms with van der Waals surface area (Å²) in [6.07, 6.45) is 3.43. The zero-order valence-electron chi connectivity index (χ0n) is 21.9. The minimum absolute atomic E-state index is 0. The second-order valence-corrected chi connectivity index (χ2v) is 10.8. The van der Waals surface area contributed by atoms with Crippen LogP contribution in [0.1, 0.15) is 39.3 Å². The number of para-hydroxylation sites is 1. The number of sulfonamides is 1. The predicted molar refractivity (Wildman–Crippen MR) is 146 cm³/mol. The lowest BCUT2D eigenvalue weighted by atomic mass is 10.2. The molecule has 0 spiro atoms. The van der Waals surface area contributed by atoms with Crippen molar-refractivity contribution in [2.75, 3.05) is 18.9 Å². The van der Waals surface area contributed by atoms with Gasteiger partial charge >= 0.3 is 0 Å². The minimum Gasteiger partial charge on any atom is -0.494 e. The van der Waals surface area contributed by atoms with E-state index in [-0.39, 0.29) is 13.8 Å². The number of nitrogens with one attached hydrogen (secondary N) is 1. The van der Waals surface area contributed by atoms with Crippen LogP contribution >= 0.6 is 11.3 Å². The summed E-state index contributed by atoms with van der Waals surface area (Å²) in [5.74, 6) is 1.64. The van der Waals surface area contributed by atoms with Gasteiger partial charge in [-0.15, -0.1) is 21.5 Å². The van der Waals surface area contributed by atoms with Gasteiger partial charge in [0.25, 0.3) is 0 Å². The third-order valence-electron chi connectivity index (χ3n) is 5.17. The lowest BCUT2D eigenvalue weighted by molar-refractivity contribution is 0.391. The van der Waals surface area contributed by atoms with Crippen LogP contribution in [0, 0.1) is 13.8 Å². The third kappa shape index (κ3) is 6.23. The third-order valence-corrected chi connectivity index (χ3v) is 7.82. The highest BCUT2D eigenvalue weighted by atomic mass is 32.2. The molecule has 1 atom stereocenters. The fourth-order valence-electron chi connectivity index (χ4n) is 3.33. The van der Waals surface area contributed by atoms with Crippen molar-refractivity contribution in [3.8, 4) is 28.0 Å². The van der Waals surface area contributed by atoms with Crippen molar-refractivity contribution in [3.63, 3.8) is 0 Å². The maximum Gasteiger partial charge on any atom is 0.243 e. The van der Waals surface area contributed by atoms with E-state index in [0.29, 0.717) is 33.8 Å². The summed E-state index contributed by atoms with van der Waals surface area (Å²) in [5.41, 5.74) is 2.14. The van der Waals surface area contributed by atoms with Crippen molar-refractivity contribution in [1.82, 2.24) is 29.7 Å². The molecule has 0 saturated heterocycles. The Morgan fingerprint density at radius 3 is 2.24 bits per heavy atom. The Labute approximate surface area is 222 Å². The summed E-state index contributed by atoms with van der Waals surface area (Å²) < 4.78 is 41.8. The molecule has 0 aliphatic heterocycles. The number of methoxy groups -OCH3 is 2. The quantitative estimate of drug-likeness (QED) is 0.322. The van der Waals surface area contributed by atoms with Crippen LogP contribution in [0.15, 0.2) is 36.0 Å². The van der Waals surface area contributed by atoms with Gasteiger partial charge in [0.05, 0.1) is 19.5 Å². The fraction of sp³-hybridized carbons (Fsp3) is 0.375. The van der Waals surface area contributed by atoms with Crippen LogP contribution in [-0.4, -0.2) is 57.6 Å². The van der Waals surface area contributed by atoms with Gasteiger partial charge < -0.3 is 9.47 Å². The molecule has 13 heteroatoms. The van der Waals surface area contributed by atoms with Gasteiger partial charge in [-0.2, -0.15) is 0 Å². The number of aromatic nitrogens is 6. The lowest BCUT2D eigenvalue weighted by Crippen LogP contribution is -2.29. The summed E-state index contributed by atoms with van der Waals surface area (Å²) in [5, 5.41) is 10.0. The average Bonchev–Trinajstić information content (AvgIpc) is 3.51. The molecule has 1 aromatic carbocycles. The van der Waals surface area contributed by atoms with E-state index < -0.39 is 15.3 Å². The monoisotopic (exact) mass is 547 g/mol. The van der Waals surface area contributed by atoms with Crippen LogP contribution in [0.2, 0.25) is 0 Å². The van der Waals surface area contributed by atoms with Crippen LogP contribution in [0.5, 0.6) is 11.5 Å². The largest absolute Gasteiger partial charge is 0.494 e. The Bertz CT molecular complexity index is 1420. The molecule has 0 aliphatic rings. The molecule has 1 N–H and O–H groups in total. The van der Waals surface area contributed by atoms with E-state index in [0.717, 1.165) is 11.3 Å².